The van der Waals surface area contributed by atoms with Gasteiger partial charge in [0, 0.05) is 4.88 Å². The van der Waals surface area contributed by atoms with Gasteiger partial charge in [-0.3, -0.25) is 10.6 Å². The Morgan fingerprint density at radius 3 is 2.70 bits per heavy atom. The van der Waals surface area contributed by atoms with E-state index in [0.29, 0.717) is 15.6 Å². The highest BCUT2D eigenvalue weighted by molar-refractivity contribution is 7.16. The molecule has 1 aromatic carbocycles. The second kappa shape index (κ2) is 6.26. The number of hydrogen-bond donors (Lipinski definition) is 3. The number of nitrogens with one attached hydrogen (secondary N) is 2. The predicted octanol–water partition coefficient (Wildman–Crippen LogP) is 3.49. The van der Waals surface area contributed by atoms with Gasteiger partial charge in [-0.2, -0.15) is 0 Å². The maximum Gasteiger partial charge on any atom is 0.253 e. The zero-order valence-electron chi connectivity index (χ0n) is 11.2. The van der Waals surface area contributed by atoms with E-state index < -0.39 is 0 Å². The normalized spacial score (nSPS) is 12.0. The summed E-state index contributed by atoms with van der Waals surface area (Å²) >= 11 is 7.36. The number of hydrogen-bond acceptors (Lipinski definition) is 4. The first-order valence-electron chi connectivity index (χ1n) is 6.14. The van der Waals surface area contributed by atoms with Crippen LogP contribution in [0.1, 0.15) is 33.8 Å². The van der Waals surface area contributed by atoms with Gasteiger partial charge in [0.1, 0.15) is 0 Å². The largest absolute Gasteiger partial charge is 0.345 e. The van der Waals surface area contributed by atoms with E-state index in [0.717, 1.165) is 10.4 Å². The summed E-state index contributed by atoms with van der Waals surface area (Å²) in [6, 6.07) is 9.12. The van der Waals surface area contributed by atoms with Crippen LogP contribution in [0, 0.1) is 6.92 Å². The van der Waals surface area contributed by atoms with E-state index in [1.165, 1.54) is 11.3 Å². The SMILES string of the molecule is Cc1ccc(NN)c(C(=O)NC(C)c2ccc(Cl)s2)c1. The number of carbonyl (C=O) groups is 1. The molecule has 0 spiro atoms. The van der Waals surface area contributed by atoms with E-state index in [-0.39, 0.29) is 11.9 Å². The van der Waals surface area contributed by atoms with Gasteiger partial charge >= 0.3 is 0 Å². The average molecular weight is 310 g/mol. The summed E-state index contributed by atoms with van der Waals surface area (Å²) in [6.07, 6.45) is 0. The predicted molar refractivity (Wildman–Crippen MR) is 84.2 cm³/mol. The summed E-state index contributed by atoms with van der Waals surface area (Å²) in [5.41, 5.74) is 4.67. The highest BCUT2D eigenvalue weighted by atomic mass is 35.5. The summed E-state index contributed by atoms with van der Waals surface area (Å²) in [6.45, 7) is 3.85. The third-order valence-electron chi connectivity index (χ3n) is 2.94. The number of hydrazine groups is 1. The van der Waals surface area contributed by atoms with Crippen molar-refractivity contribution < 1.29 is 4.79 Å². The summed E-state index contributed by atoms with van der Waals surface area (Å²) in [4.78, 5) is 13.3. The Morgan fingerprint density at radius 2 is 2.10 bits per heavy atom. The molecular formula is C14H16ClN3OS. The zero-order chi connectivity index (χ0) is 14.7. The molecule has 6 heteroatoms. The third kappa shape index (κ3) is 3.30. The van der Waals surface area contributed by atoms with Crippen molar-refractivity contribution in [2.75, 3.05) is 5.43 Å². The number of rotatable bonds is 4. The maximum atomic E-state index is 12.3. The van der Waals surface area contributed by atoms with Crippen LogP contribution in [0.3, 0.4) is 0 Å². The van der Waals surface area contributed by atoms with Crippen LogP contribution in [0.25, 0.3) is 0 Å². The van der Waals surface area contributed by atoms with Crippen LogP contribution < -0.4 is 16.6 Å². The molecule has 0 bridgehead atoms. The lowest BCUT2D eigenvalue weighted by Crippen LogP contribution is -2.27. The Morgan fingerprint density at radius 1 is 1.35 bits per heavy atom. The fraction of sp³-hybridized carbons (Fsp3) is 0.214. The van der Waals surface area contributed by atoms with E-state index >= 15 is 0 Å². The van der Waals surface area contributed by atoms with Gasteiger partial charge in [0.25, 0.3) is 5.91 Å². The van der Waals surface area contributed by atoms with Gasteiger partial charge in [0.05, 0.1) is 21.6 Å². The van der Waals surface area contributed by atoms with Crippen LogP contribution in [-0.2, 0) is 0 Å². The van der Waals surface area contributed by atoms with Gasteiger partial charge < -0.3 is 10.7 Å². The number of nitrogens with two attached hydrogens (primary N) is 1. The molecule has 0 aliphatic carbocycles. The number of aryl methyl sites for hydroxylation is 1. The molecule has 1 unspecified atom stereocenters. The number of halogens is 1. The first-order valence-corrected chi connectivity index (χ1v) is 7.34. The van der Waals surface area contributed by atoms with Crippen molar-refractivity contribution in [3.63, 3.8) is 0 Å². The first-order chi connectivity index (χ1) is 9.51. The molecule has 4 nitrogen and oxygen atoms in total. The van der Waals surface area contributed by atoms with Crippen molar-refractivity contribution in [3.8, 4) is 0 Å². The molecule has 0 saturated carbocycles. The number of benzene rings is 1. The van der Waals surface area contributed by atoms with Crippen molar-refractivity contribution in [1.82, 2.24) is 5.32 Å². The number of amides is 1. The van der Waals surface area contributed by atoms with E-state index in [2.05, 4.69) is 10.7 Å². The van der Waals surface area contributed by atoms with Gasteiger partial charge in [0.2, 0.25) is 0 Å². The lowest BCUT2D eigenvalue weighted by Gasteiger charge is -2.15. The molecule has 4 N–H and O–H groups in total. The Labute approximate surface area is 126 Å². The first kappa shape index (κ1) is 14.8. The minimum Gasteiger partial charge on any atom is -0.345 e. The molecule has 0 fully saturated rings. The van der Waals surface area contributed by atoms with Crippen LogP contribution >= 0.6 is 22.9 Å². The van der Waals surface area contributed by atoms with Gasteiger partial charge in [-0.25, -0.2) is 0 Å². The van der Waals surface area contributed by atoms with Crippen LogP contribution in [0.5, 0.6) is 0 Å². The number of thiophene rings is 1. The fourth-order valence-corrected chi connectivity index (χ4v) is 2.94. The Hall–Kier alpha value is -1.56. The smallest absolute Gasteiger partial charge is 0.253 e. The Bertz CT molecular complexity index is 627. The summed E-state index contributed by atoms with van der Waals surface area (Å²) in [5.74, 6) is 5.27. The lowest BCUT2D eigenvalue weighted by molar-refractivity contribution is 0.0941. The lowest BCUT2D eigenvalue weighted by atomic mass is 10.1. The zero-order valence-corrected chi connectivity index (χ0v) is 12.8. The monoisotopic (exact) mass is 309 g/mol. The molecule has 20 heavy (non-hydrogen) atoms. The van der Waals surface area contributed by atoms with E-state index in [1.807, 2.05) is 32.0 Å². The molecule has 1 atom stereocenters. The third-order valence-corrected chi connectivity index (χ3v) is 4.36. The Kier molecular flexibility index (Phi) is 4.65. The van der Waals surface area contributed by atoms with Crippen LogP contribution in [0.15, 0.2) is 30.3 Å². The molecule has 106 valence electrons. The topological polar surface area (TPSA) is 67.1 Å². The van der Waals surface area contributed by atoms with Gasteiger partial charge in [0.15, 0.2) is 0 Å². The number of carbonyl (C=O) groups excluding carboxylic acids is 1. The molecule has 0 radical (unpaired) electrons. The van der Waals surface area contributed by atoms with Gasteiger partial charge in [-0.15, -0.1) is 11.3 Å². The molecule has 2 aromatic rings. The molecule has 0 aliphatic heterocycles. The van der Waals surface area contributed by atoms with Crippen molar-refractivity contribution in [2.45, 2.75) is 19.9 Å². The minimum absolute atomic E-state index is 0.105. The molecule has 0 saturated heterocycles. The molecule has 1 aromatic heterocycles. The highest BCUT2D eigenvalue weighted by Gasteiger charge is 2.16. The standard InChI is InChI=1S/C14H16ClN3OS/c1-8-3-4-11(18-16)10(7-8)14(19)17-9(2)12-5-6-13(15)20-12/h3-7,9,18H,16H2,1-2H3,(H,17,19). The van der Waals surface area contributed by atoms with Crippen LogP contribution in [0.4, 0.5) is 5.69 Å². The fourth-order valence-electron chi connectivity index (χ4n) is 1.88. The van der Waals surface area contributed by atoms with Crippen molar-refractivity contribution >= 4 is 34.5 Å². The average Bonchev–Trinajstić information content (AvgIpc) is 2.85. The summed E-state index contributed by atoms with van der Waals surface area (Å²) < 4.78 is 0.709. The Balaban J connectivity index is 2.18. The molecular weight excluding hydrogens is 294 g/mol. The molecule has 1 heterocycles. The second-order valence-corrected chi connectivity index (χ2v) is 6.28. The van der Waals surface area contributed by atoms with E-state index in [4.69, 9.17) is 17.4 Å². The molecule has 1 amide bonds. The van der Waals surface area contributed by atoms with Crippen molar-refractivity contribution in [1.29, 1.82) is 0 Å². The second-order valence-electron chi connectivity index (χ2n) is 4.53. The van der Waals surface area contributed by atoms with Crippen molar-refractivity contribution in [3.05, 3.63) is 50.7 Å². The minimum atomic E-state index is -0.168. The number of anilines is 1. The van der Waals surface area contributed by atoms with Crippen LogP contribution in [0.2, 0.25) is 4.34 Å². The summed E-state index contributed by atoms with van der Waals surface area (Å²) in [5, 5.41) is 2.95. The number of nitrogen functional groups attached to an aromatic ring is 1. The highest BCUT2D eigenvalue weighted by Crippen LogP contribution is 2.27. The van der Waals surface area contributed by atoms with Gasteiger partial charge in [-0.1, -0.05) is 23.2 Å². The van der Waals surface area contributed by atoms with Crippen molar-refractivity contribution in [2.24, 2.45) is 5.84 Å². The van der Waals surface area contributed by atoms with Crippen LogP contribution in [-0.4, -0.2) is 5.91 Å². The summed E-state index contributed by atoms with van der Waals surface area (Å²) in [7, 11) is 0. The van der Waals surface area contributed by atoms with Gasteiger partial charge in [-0.05, 0) is 38.1 Å². The van der Waals surface area contributed by atoms with E-state index in [9.17, 15) is 4.79 Å². The quantitative estimate of drug-likeness (QED) is 0.598. The molecule has 0 aliphatic rings. The molecule has 2 rings (SSSR count). The maximum absolute atomic E-state index is 12.3. The van der Waals surface area contributed by atoms with E-state index in [1.54, 1.807) is 12.1 Å².